The van der Waals surface area contributed by atoms with E-state index >= 15 is 0 Å². The molecule has 0 radical (unpaired) electrons. The third-order valence-electron chi connectivity index (χ3n) is 1.69. The first kappa shape index (κ1) is 16.5. The summed E-state index contributed by atoms with van der Waals surface area (Å²) >= 11 is 0. The fraction of sp³-hybridized carbons (Fsp3) is 0.462. The predicted octanol–water partition coefficient (Wildman–Crippen LogP) is 0.0511. The zero-order valence-electron chi connectivity index (χ0n) is 10.5. The highest BCUT2D eigenvalue weighted by atomic mass is 16.6. The fourth-order valence-electron chi connectivity index (χ4n) is 0.991. The zero-order chi connectivity index (χ0) is 14.7. The summed E-state index contributed by atoms with van der Waals surface area (Å²) in [5.41, 5.74) is 0. The molecule has 6 heteroatoms. The fourth-order valence-corrected chi connectivity index (χ4v) is 0.991. The van der Waals surface area contributed by atoms with Gasteiger partial charge in [0.15, 0.2) is 6.10 Å². The molecule has 19 heavy (non-hydrogen) atoms. The highest BCUT2D eigenvalue weighted by Crippen LogP contribution is 1.99. The number of hydrogen-bond donors (Lipinski definition) is 0. The topological polar surface area (TPSA) is 78.9 Å². The molecule has 0 saturated carbocycles. The number of carbonyl (C=O) groups is 3. The van der Waals surface area contributed by atoms with Gasteiger partial charge in [-0.3, -0.25) is 14.4 Å². The van der Waals surface area contributed by atoms with Crippen LogP contribution in [0, 0.1) is 24.7 Å². The van der Waals surface area contributed by atoms with Gasteiger partial charge in [-0.2, -0.15) is 0 Å². The molecule has 6 nitrogen and oxygen atoms in total. The molecule has 0 amide bonds. The number of carbonyl (C=O) groups excluding carboxylic acids is 3. The molecule has 0 unspecified atom stereocenters. The van der Waals surface area contributed by atoms with Gasteiger partial charge < -0.3 is 14.2 Å². The van der Waals surface area contributed by atoms with E-state index in [4.69, 9.17) is 27.1 Å². The third kappa shape index (κ3) is 9.25. The Morgan fingerprint density at radius 1 is 1.00 bits per heavy atom. The first-order valence-electron chi connectivity index (χ1n) is 5.35. The molecule has 0 heterocycles. The second kappa shape index (κ2) is 9.55. The summed E-state index contributed by atoms with van der Waals surface area (Å²) in [5, 5.41) is 0. The van der Waals surface area contributed by atoms with Crippen molar-refractivity contribution in [3.05, 3.63) is 0 Å². The van der Waals surface area contributed by atoms with Gasteiger partial charge in [0.1, 0.15) is 26.1 Å². The molecule has 0 fully saturated rings. The van der Waals surface area contributed by atoms with Gasteiger partial charge in [0.2, 0.25) is 0 Å². The molecule has 0 spiro atoms. The molecular weight excluding hydrogens is 252 g/mol. The van der Waals surface area contributed by atoms with Gasteiger partial charge in [-0.25, -0.2) is 0 Å². The molecule has 0 aliphatic carbocycles. The van der Waals surface area contributed by atoms with Crippen LogP contribution < -0.4 is 0 Å². The Morgan fingerprint density at radius 2 is 1.42 bits per heavy atom. The summed E-state index contributed by atoms with van der Waals surface area (Å²) in [5.74, 6) is 2.37. The van der Waals surface area contributed by atoms with Crippen molar-refractivity contribution in [1.82, 2.24) is 0 Å². The molecule has 0 atom stereocenters. The Kier molecular flexibility index (Phi) is 8.31. The van der Waals surface area contributed by atoms with Crippen LogP contribution in [0.4, 0.5) is 0 Å². The number of hydrogen-bond acceptors (Lipinski definition) is 6. The summed E-state index contributed by atoms with van der Waals surface area (Å²) in [4.78, 5) is 32.9. The SMILES string of the molecule is C#CCC(=O)OCC(COC(=O)CC#C)OC(C)=O. The van der Waals surface area contributed by atoms with Gasteiger partial charge >= 0.3 is 17.9 Å². The van der Waals surface area contributed by atoms with Crippen molar-refractivity contribution in [1.29, 1.82) is 0 Å². The van der Waals surface area contributed by atoms with E-state index < -0.39 is 24.0 Å². The zero-order valence-corrected chi connectivity index (χ0v) is 10.5. The summed E-state index contributed by atoms with van der Waals surface area (Å²) in [6.45, 7) is 0.687. The van der Waals surface area contributed by atoms with Gasteiger partial charge in [0.05, 0.1) is 0 Å². The van der Waals surface area contributed by atoms with E-state index in [1.54, 1.807) is 0 Å². The largest absolute Gasteiger partial charge is 0.461 e. The predicted molar refractivity (Wildman–Crippen MR) is 64.4 cm³/mol. The molecule has 0 aliphatic heterocycles. The first-order valence-corrected chi connectivity index (χ1v) is 5.35. The normalized spacial score (nSPS) is 9.05. The van der Waals surface area contributed by atoms with Crippen LogP contribution in [0.2, 0.25) is 0 Å². The summed E-state index contributed by atoms with van der Waals surface area (Å²) in [7, 11) is 0. The Hall–Kier alpha value is -2.47. The Balaban J connectivity index is 4.20. The molecule has 0 saturated heterocycles. The lowest BCUT2D eigenvalue weighted by Crippen LogP contribution is -2.30. The van der Waals surface area contributed by atoms with E-state index in [2.05, 4.69) is 11.8 Å². The van der Waals surface area contributed by atoms with Crippen molar-refractivity contribution in [2.24, 2.45) is 0 Å². The lowest BCUT2D eigenvalue weighted by Gasteiger charge is -2.16. The molecule has 0 aromatic carbocycles. The minimum atomic E-state index is -0.888. The van der Waals surface area contributed by atoms with E-state index in [-0.39, 0.29) is 26.1 Å². The van der Waals surface area contributed by atoms with Crippen LogP contribution in [0.25, 0.3) is 0 Å². The van der Waals surface area contributed by atoms with Crippen molar-refractivity contribution in [3.8, 4) is 24.7 Å². The molecule has 0 bridgehead atoms. The van der Waals surface area contributed by atoms with Gasteiger partial charge in [-0.05, 0) is 0 Å². The van der Waals surface area contributed by atoms with Crippen molar-refractivity contribution >= 4 is 17.9 Å². The van der Waals surface area contributed by atoms with Crippen molar-refractivity contribution in [2.45, 2.75) is 25.9 Å². The van der Waals surface area contributed by atoms with Crippen LogP contribution in [0.1, 0.15) is 19.8 Å². The summed E-state index contributed by atoms with van der Waals surface area (Å²) in [6, 6.07) is 0. The highest BCUT2D eigenvalue weighted by Gasteiger charge is 2.17. The molecule has 0 aromatic heterocycles. The standard InChI is InChI=1S/C13H14O6/c1-4-6-12(15)17-8-11(19-10(3)14)9-18-13(16)7-5-2/h1-2,11H,6-9H2,3H3. The lowest BCUT2D eigenvalue weighted by molar-refractivity contribution is -0.164. The molecule has 0 aliphatic rings. The van der Waals surface area contributed by atoms with Crippen molar-refractivity contribution < 1.29 is 28.6 Å². The lowest BCUT2D eigenvalue weighted by atomic mass is 10.4. The van der Waals surface area contributed by atoms with E-state index in [0.29, 0.717) is 0 Å². The molecule has 0 N–H and O–H groups in total. The molecule has 0 rings (SSSR count). The van der Waals surface area contributed by atoms with Gasteiger partial charge in [0.25, 0.3) is 0 Å². The molecular formula is C13H14O6. The molecule has 102 valence electrons. The van der Waals surface area contributed by atoms with Gasteiger partial charge in [-0.1, -0.05) is 11.8 Å². The maximum atomic E-state index is 11.0. The van der Waals surface area contributed by atoms with Crippen LogP contribution in [-0.4, -0.2) is 37.2 Å². The first-order chi connectivity index (χ1) is 8.99. The maximum Gasteiger partial charge on any atom is 0.318 e. The van der Waals surface area contributed by atoms with Crippen LogP contribution in [0.15, 0.2) is 0 Å². The number of ether oxygens (including phenoxy) is 3. The second-order valence-corrected chi connectivity index (χ2v) is 3.36. The van der Waals surface area contributed by atoms with Gasteiger partial charge in [0, 0.05) is 6.92 Å². The van der Waals surface area contributed by atoms with E-state index in [9.17, 15) is 14.4 Å². The van der Waals surface area contributed by atoms with Crippen LogP contribution in [0.3, 0.4) is 0 Å². The van der Waals surface area contributed by atoms with Crippen molar-refractivity contribution in [2.75, 3.05) is 13.2 Å². The summed E-state index contributed by atoms with van der Waals surface area (Å²) < 4.78 is 14.3. The van der Waals surface area contributed by atoms with Crippen LogP contribution in [-0.2, 0) is 28.6 Å². The number of rotatable bonds is 7. The molecule has 0 aromatic rings. The van der Waals surface area contributed by atoms with Crippen LogP contribution >= 0.6 is 0 Å². The quantitative estimate of drug-likeness (QED) is 0.368. The van der Waals surface area contributed by atoms with Crippen molar-refractivity contribution in [3.63, 3.8) is 0 Å². The average Bonchev–Trinajstić information content (AvgIpc) is 2.33. The Morgan fingerprint density at radius 3 is 1.74 bits per heavy atom. The number of terminal acetylenes is 2. The Bertz CT molecular complexity index is 380. The minimum Gasteiger partial charge on any atom is -0.461 e. The van der Waals surface area contributed by atoms with E-state index in [0.717, 1.165) is 0 Å². The monoisotopic (exact) mass is 266 g/mol. The second-order valence-electron chi connectivity index (χ2n) is 3.36. The van der Waals surface area contributed by atoms with E-state index in [1.165, 1.54) is 6.92 Å². The number of esters is 3. The third-order valence-corrected chi connectivity index (χ3v) is 1.69. The van der Waals surface area contributed by atoms with E-state index in [1.807, 2.05) is 0 Å². The minimum absolute atomic E-state index is 0.191. The smallest absolute Gasteiger partial charge is 0.318 e. The average molecular weight is 266 g/mol. The maximum absolute atomic E-state index is 11.0. The Labute approximate surface area is 111 Å². The van der Waals surface area contributed by atoms with Gasteiger partial charge in [-0.15, -0.1) is 12.8 Å². The highest BCUT2D eigenvalue weighted by molar-refractivity contribution is 5.73. The summed E-state index contributed by atoms with van der Waals surface area (Å²) in [6.07, 6.45) is 8.58. The van der Waals surface area contributed by atoms with Crippen LogP contribution in [0.5, 0.6) is 0 Å².